The molecule has 1 rings (SSSR count). The zero-order valence-electron chi connectivity index (χ0n) is 13.3. The van der Waals surface area contributed by atoms with Crippen molar-refractivity contribution >= 4 is 11.9 Å². The van der Waals surface area contributed by atoms with E-state index in [4.69, 9.17) is 9.47 Å². The molecule has 0 aliphatic carbocycles. The van der Waals surface area contributed by atoms with Crippen LogP contribution in [0, 0.1) is 5.41 Å². The number of carbonyl (C=O) groups is 2. The molecule has 0 aromatic heterocycles. The van der Waals surface area contributed by atoms with Crippen LogP contribution in [0.2, 0.25) is 0 Å². The Hall–Kier alpha value is -1.58. The van der Waals surface area contributed by atoms with Crippen LogP contribution in [0.15, 0.2) is 24.8 Å². The minimum atomic E-state index is -1.28. The van der Waals surface area contributed by atoms with Crippen LogP contribution < -0.4 is 0 Å². The van der Waals surface area contributed by atoms with E-state index < -0.39 is 23.1 Å². The van der Waals surface area contributed by atoms with Crippen molar-refractivity contribution in [3.8, 4) is 0 Å². The predicted octanol–water partition coefficient (Wildman–Crippen LogP) is 3.91. The van der Waals surface area contributed by atoms with Gasteiger partial charge in [-0.1, -0.05) is 38.0 Å². The van der Waals surface area contributed by atoms with E-state index in [0.29, 0.717) is 6.42 Å². The molecule has 0 atom stereocenters. The molecule has 1 aliphatic rings. The molecule has 0 aromatic carbocycles. The molecule has 4 heteroatoms. The zero-order chi connectivity index (χ0) is 15.9. The molecule has 21 heavy (non-hydrogen) atoms. The summed E-state index contributed by atoms with van der Waals surface area (Å²) in [5.74, 6) is -2.24. The smallest absolute Gasteiger partial charge is 0.327 e. The SMILES string of the molecule is C=CCC1(C/C=C/CCCCC)C(=O)OC(C)(C)OC1=O. The summed E-state index contributed by atoms with van der Waals surface area (Å²) in [5.41, 5.74) is -1.28. The summed E-state index contributed by atoms with van der Waals surface area (Å²) in [4.78, 5) is 24.6. The lowest BCUT2D eigenvalue weighted by Gasteiger charge is -2.39. The highest BCUT2D eigenvalue weighted by molar-refractivity contribution is 6.02. The van der Waals surface area contributed by atoms with E-state index in [1.54, 1.807) is 19.9 Å². The van der Waals surface area contributed by atoms with E-state index in [2.05, 4.69) is 13.5 Å². The molecule has 0 radical (unpaired) electrons. The molecule has 4 nitrogen and oxygen atoms in total. The number of allylic oxidation sites excluding steroid dienone is 3. The van der Waals surface area contributed by atoms with Gasteiger partial charge in [-0.2, -0.15) is 0 Å². The van der Waals surface area contributed by atoms with Crippen molar-refractivity contribution < 1.29 is 19.1 Å². The third-order valence-electron chi connectivity index (χ3n) is 3.56. The lowest BCUT2D eigenvalue weighted by Crippen LogP contribution is -2.53. The first-order chi connectivity index (χ1) is 9.88. The normalized spacial score (nSPS) is 20.1. The van der Waals surface area contributed by atoms with E-state index >= 15 is 0 Å². The first-order valence-corrected chi connectivity index (χ1v) is 7.61. The van der Waals surface area contributed by atoms with Gasteiger partial charge < -0.3 is 9.47 Å². The Kier molecular flexibility index (Phi) is 6.19. The number of rotatable bonds is 8. The number of unbranched alkanes of at least 4 members (excludes halogenated alkanes) is 3. The average molecular weight is 294 g/mol. The molecule has 1 fully saturated rings. The Morgan fingerprint density at radius 1 is 1.05 bits per heavy atom. The summed E-state index contributed by atoms with van der Waals surface area (Å²) in [7, 11) is 0. The lowest BCUT2D eigenvalue weighted by atomic mass is 9.80. The quantitative estimate of drug-likeness (QED) is 0.295. The fourth-order valence-electron chi connectivity index (χ4n) is 2.32. The molecule has 0 saturated carbocycles. The van der Waals surface area contributed by atoms with Crippen LogP contribution in [0.3, 0.4) is 0 Å². The van der Waals surface area contributed by atoms with Gasteiger partial charge in [-0.25, -0.2) is 0 Å². The molecule has 0 spiro atoms. The Morgan fingerprint density at radius 3 is 2.19 bits per heavy atom. The molecule has 0 aromatic rings. The van der Waals surface area contributed by atoms with Crippen LogP contribution in [-0.4, -0.2) is 17.7 Å². The maximum atomic E-state index is 12.3. The van der Waals surface area contributed by atoms with Crippen molar-refractivity contribution in [3.05, 3.63) is 24.8 Å². The molecular weight excluding hydrogens is 268 g/mol. The Morgan fingerprint density at radius 2 is 1.67 bits per heavy atom. The Balaban J connectivity index is 2.76. The van der Waals surface area contributed by atoms with Crippen molar-refractivity contribution in [2.75, 3.05) is 0 Å². The first-order valence-electron chi connectivity index (χ1n) is 7.61. The minimum Gasteiger partial charge on any atom is -0.422 e. The molecule has 1 heterocycles. The van der Waals surface area contributed by atoms with E-state index in [0.717, 1.165) is 12.8 Å². The van der Waals surface area contributed by atoms with Crippen LogP contribution in [0.25, 0.3) is 0 Å². The summed E-state index contributed by atoms with van der Waals surface area (Å²) in [6, 6.07) is 0. The first kappa shape index (κ1) is 17.5. The zero-order valence-corrected chi connectivity index (χ0v) is 13.3. The number of hydrogen-bond acceptors (Lipinski definition) is 4. The molecule has 0 amide bonds. The Labute approximate surface area is 127 Å². The van der Waals surface area contributed by atoms with Gasteiger partial charge >= 0.3 is 11.9 Å². The summed E-state index contributed by atoms with van der Waals surface area (Å²) in [6.07, 6.45) is 10.4. The van der Waals surface area contributed by atoms with Gasteiger partial charge in [-0.3, -0.25) is 9.59 Å². The summed E-state index contributed by atoms with van der Waals surface area (Å²) in [6.45, 7) is 8.90. The number of esters is 2. The molecule has 0 N–H and O–H groups in total. The van der Waals surface area contributed by atoms with Crippen molar-refractivity contribution in [1.82, 2.24) is 0 Å². The highest BCUT2D eigenvalue weighted by Crippen LogP contribution is 2.38. The molecule has 1 saturated heterocycles. The lowest BCUT2D eigenvalue weighted by molar-refractivity contribution is -0.250. The van der Waals surface area contributed by atoms with Gasteiger partial charge in [0.05, 0.1) is 0 Å². The second-order valence-corrected chi connectivity index (χ2v) is 5.93. The van der Waals surface area contributed by atoms with Crippen LogP contribution in [0.5, 0.6) is 0 Å². The predicted molar refractivity (Wildman–Crippen MR) is 81.4 cm³/mol. The van der Waals surface area contributed by atoms with Crippen molar-refractivity contribution in [2.24, 2.45) is 5.41 Å². The van der Waals surface area contributed by atoms with E-state index in [-0.39, 0.29) is 6.42 Å². The number of ether oxygens (including phenoxy) is 2. The highest BCUT2D eigenvalue weighted by Gasteiger charge is 2.54. The van der Waals surface area contributed by atoms with Gasteiger partial charge in [0, 0.05) is 13.8 Å². The van der Waals surface area contributed by atoms with Crippen molar-refractivity contribution in [2.45, 2.75) is 65.1 Å². The standard InChI is InChI=1S/C17H26O4/c1-5-7-8-9-10-11-13-17(12-6-2)14(18)20-16(3,4)21-15(17)19/h6,10-11H,2,5,7-9,12-13H2,1,3-4H3/b11-10+. The summed E-state index contributed by atoms with van der Waals surface area (Å²) < 4.78 is 10.5. The molecule has 1 aliphatic heterocycles. The Bertz CT molecular complexity index is 401. The van der Waals surface area contributed by atoms with Crippen LogP contribution in [-0.2, 0) is 19.1 Å². The van der Waals surface area contributed by atoms with Gasteiger partial charge in [0.15, 0.2) is 5.41 Å². The third kappa shape index (κ3) is 4.45. The van der Waals surface area contributed by atoms with Crippen molar-refractivity contribution in [3.63, 3.8) is 0 Å². The van der Waals surface area contributed by atoms with Crippen molar-refractivity contribution in [1.29, 1.82) is 0 Å². The topological polar surface area (TPSA) is 52.6 Å². The van der Waals surface area contributed by atoms with Gasteiger partial charge in [0.25, 0.3) is 5.79 Å². The van der Waals surface area contributed by atoms with Crippen LogP contribution in [0.1, 0.15) is 59.3 Å². The second kappa shape index (κ2) is 7.43. The molecule has 0 unspecified atom stereocenters. The number of hydrogen-bond donors (Lipinski definition) is 0. The van der Waals surface area contributed by atoms with Gasteiger partial charge in [0.2, 0.25) is 0 Å². The fraction of sp³-hybridized carbons (Fsp3) is 0.647. The fourth-order valence-corrected chi connectivity index (χ4v) is 2.32. The maximum absolute atomic E-state index is 12.3. The van der Waals surface area contributed by atoms with Crippen LogP contribution >= 0.6 is 0 Å². The van der Waals surface area contributed by atoms with Crippen LogP contribution in [0.4, 0.5) is 0 Å². The van der Waals surface area contributed by atoms with Gasteiger partial charge in [-0.05, 0) is 25.7 Å². The summed E-state index contributed by atoms with van der Waals surface area (Å²) in [5, 5.41) is 0. The number of carbonyl (C=O) groups excluding carboxylic acids is 2. The molecular formula is C17H26O4. The highest BCUT2D eigenvalue weighted by atomic mass is 16.7. The molecule has 118 valence electrons. The minimum absolute atomic E-state index is 0.222. The number of cyclic esters (lactones) is 2. The van der Waals surface area contributed by atoms with E-state index in [1.807, 2.05) is 12.2 Å². The average Bonchev–Trinajstić information content (AvgIpc) is 2.38. The monoisotopic (exact) mass is 294 g/mol. The van der Waals surface area contributed by atoms with Gasteiger partial charge in [-0.15, -0.1) is 6.58 Å². The molecule has 0 bridgehead atoms. The van der Waals surface area contributed by atoms with E-state index in [1.165, 1.54) is 12.8 Å². The third-order valence-corrected chi connectivity index (χ3v) is 3.56. The maximum Gasteiger partial charge on any atom is 0.327 e. The largest absolute Gasteiger partial charge is 0.422 e. The summed E-state index contributed by atoms with van der Waals surface area (Å²) >= 11 is 0. The van der Waals surface area contributed by atoms with Gasteiger partial charge in [0.1, 0.15) is 0 Å². The van der Waals surface area contributed by atoms with E-state index in [9.17, 15) is 9.59 Å². The second-order valence-electron chi connectivity index (χ2n) is 5.93.